The summed E-state index contributed by atoms with van der Waals surface area (Å²) < 4.78 is 0. The van der Waals surface area contributed by atoms with E-state index < -0.39 is 0 Å². The van der Waals surface area contributed by atoms with Crippen LogP contribution in [0.3, 0.4) is 0 Å². The number of allylic oxidation sites excluding steroid dienone is 1. The molecule has 31 heavy (non-hydrogen) atoms. The van der Waals surface area contributed by atoms with Crippen LogP contribution in [0, 0.1) is 0 Å². The summed E-state index contributed by atoms with van der Waals surface area (Å²) in [5, 5.41) is 1.89. The number of fused-ring (bicyclic) bond motifs is 1. The lowest BCUT2D eigenvalue weighted by Crippen LogP contribution is -1.99. The van der Waals surface area contributed by atoms with E-state index in [4.69, 9.17) is 11.6 Å². The molecule has 0 spiro atoms. The number of H-pyrrole nitrogens is 1. The van der Waals surface area contributed by atoms with Crippen LogP contribution in [0.25, 0.3) is 28.2 Å². The fourth-order valence-corrected chi connectivity index (χ4v) is 4.32. The van der Waals surface area contributed by atoms with Crippen molar-refractivity contribution in [2.24, 2.45) is 0 Å². The fraction of sp³-hybridized carbons (Fsp3) is 0.0345. The molecule has 0 saturated carbocycles. The van der Waals surface area contributed by atoms with E-state index >= 15 is 0 Å². The summed E-state index contributed by atoms with van der Waals surface area (Å²) in [6.45, 7) is 0. The van der Waals surface area contributed by atoms with Crippen LogP contribution in [0.4, 0.5) is 0 Å². The van der Waals surface area contributed by atoms with Gasteiger partial charge in [0.2, 0.25) is 0 Å². The third-order valence-corrected chi connectivity index (χ3v) is 5.85. The van der Waals surface area contributed by atoms with Gasteiger partial charge in [0.25, 0.3) is 0 Å². The summed E-state index contributed by atoms with van der Waals surface area (Å²) >= 11 is 6.44. The molecular formula is C29H22ClN. The Balaban J connectivity index is 1.76. The van der Waals surface area contributed by atoms with Crippen LogP contribution >= 0.6 is 11.6 Å². The van der Waals surface area contributed by atoms with Gasteiger partial charge >= 0.3 is 0 Å². The molecule has 1 heterocycles. The van der Waals surface area contributed by atoms with E-state index in [2.05, 4.69) is 108 Å². The highest BCUT2D eigenvalue weighted by Gasteiger charge is 2.21. The normalized spacial score (nSPS) is 12.4. The minimum Gasteiger partial charge on any atom is -0.354 e. The van der Waals surface area contributed by atoms with Crippen molar-refractivity contribution < 1.29 is 0 Å². The number of halogens is 1. The first-order valence-corrected chi connectivity index (χ1v) is 10.8. The SMILES string of the molecule is Clc1ccc2[nH]c(-c3ccccc3)c(C(/C=C/c3ccccc3)c3ccccc3)c2c1. The number of hydrogen-bond acceptors (Lipinski definition) is 0. The molecule has 0 aliphatic carbocycles. The van der Waals surface area contributed by atoms with Crippen molar-refractivity contribution in [3.63, 3.8) is 0 Å². The Bertz CT molecular complexity index is 1320. The minimum atomic E-state index is 0.0730. The van der Waals surface area contributed by atoms with Gasteiger partial charge in [-0.25, -0.2) is 0 Å². The third-order valence-electron chi connectivity index (χ3n) is 5.61. The molecule has 0 radical (unpaired) electrons. The number of rotatable bonds is 5. The van der Waals surface area contributed by atoms with E-state index in [0.29, 0.717) is 0 Å². The first-order valence-electron chi connectivity index (χ1n) is 10.4. The average Bonchev–Trinajstić information content (AvgIpc) is 3.20. The summed E-state index contributed by atoms with van der Waals surface area (Å²) in [6, 6.07) is 37.7. The van der Waals surface area contributed by atoms with Crippen LogP contribution in [0.5, 0.6) is 0 Å². The smallest absolute Gasteiger partial charge is 0.0506 e. The lowest BCUT2D eigenvalue weighted by Gasteiger charge is -2.16. The van der Waals surface area contributed by atoms with Crippen molar-refractivity contribution in [2.45, 2.75) is 5.92 Å². The van der Waals surface area contributed by atoms with Crippen molar-refractivity contribution in [1.29, 1.82) is 0 Å². The third kappa shape index (κ3) is 4.05. The number of nitrogens with one attached hydrogen (secondary N) is 1. The van der Waals surface area contributed by atoms with E-state index in [0.717, 1.165) is 21.6 Å². The molecule has 1 N–H and O–H groups in total. The Labute approximate surface area is 187 Å². The first-order chi connectivity index (χ1) is 15.3. The molecule has 5 rings (SSSR count). The van der Waals surface area contributed by atoms with Crippen molar-refractivity contribution in [3.8, 4) is 11.3 Å². The number of aromatic nitrogens is 1. The Hall–Kier alpha value is -3.55. The topological polar surface area (TPSA) is 15.8 Å². The molecule has 0 aliphatic heterocycles. The zero-order valence-electron chi connectivity index (χ0n) is 17.0. The highest BCUT2D eigenvalue weighted by atomic mass is 35.5. The molecular weight excluding hydrogens is 398 g/mol. The Kier molecular flexibility index (Phi) is 5.43. The van der Waals surface area contributed by atoms with Gasteiger partial charge in [0.1, 0.15) is 0 Å². The second-order valence-electron chi connectivity index (χ2n) is 7.63. The first kappa shape index (κ1) is 19.4. The molecule has 1 unspecified atom stereocenters. The molecule has 1 nitrogen and oxygen atoms in total. The van der Waals surface area contributed by atoms with Crippen LogP contribution in [0.2, 0.25) is 5.02 Å². The lowest BCUT2D eigenvalue weighted by molar-refractivity contribution is 1.05. The molecule has 150 valence electrons. The predicted molar refractivity (Wildman–Crippen MR) is 133 cm³/mol. The van der Waals surface area contributed by atoms with E-state index in [1.54, 1.807) is 0 Å². The van der Waals surface area contributed by atoms with E-state index in [-0.39, 0.29) is 5.92 Å². The van der Waals surface area contributed by atoms with Crippen LogP contribution < -0.4 is 0 Å². The van der Waals surface area contributed by atoms with Crippen LogP contribution in [0.1, 0.15) is 22.6 Å². The summed E-state index contributed by atoms with van der Waals surface area (Å²) in [5.74, 6) is 0.0730. The van der Waals surface area contributed by atoms with Gasteiger partial charge in [-0.2, -0.15) is 0 Å². The zero-order chi connectivity index (χ0) is 21.0. The van der Waals surface area contributed by atoms with Gasteiger partial charge in [0.05, 0.1) is 5.69 Å². The van der Waals surface area contributed by atoms with Crippen molar-refractivity contribution >= 4 is 28.6 Å². The van der Waals surface area contributed by atoms with Crippen molar-refractivity contribution in [3.05, 3.63) is 137 Å². The molecule has 0 bridgehead atoms. The molecule has 4 aromatic carbocycles. The molecule has 0 amide bonds. The van der Waals surface area contributed by atoms with Gasteiger partial charge in [0, 0.05) is 21.8 Å². The van der Waals surface area contributed by atoms with E-state index in [9.17, 15) is 0 Å². The maximum atomic E-state index is 6.44. The highest BCUT2D eigenvalue weighted by molar-refractivity contribution is 6.31. The number of aromatic amines is 1. The number of benzene rings is 4. The minimum absolute atomic E-state index is 0.0730. The van der Waals surface area contributed by atoms with Crippen molar-refractivity contribution in [2.75, 3.05) is 0 Å². The van der Waals surface area contributed by atoms with Gasteiger partial charge in [-0.05, 0) is 40.5 Å². The van der Waals surface area contributed by atoms with E-state index in [1.165, 1.54) is 22.3 Å². The molecule has 1 aromatic heterocycles. The molecule has 0 aliphatic rings. The maximum Gasteiger partial charge on any atom is 0.0506 e. The van der Waals surface area contributed by atoms with Gasteiger partial charge in [-0.1, -0.05) is 115 Å². The highest BCUT2D eigenvalue weighted by Crippen LogP contribution is 2.40. The second-order valence-corrected chi connectivity index (χ2v) is 8.06. The van der Waals surface area contributed by atoms with Gasteiger partial charge in [-0.15, -0.1) is 0 Å². The monoisotopic (exact) mass is 419 g/mol. The summed E-state index contributed by atoms with van der Waals surface area (Å²) in [7, 11) is 0. The Morgan fingerprint density at radius 3 is 2.06 bits per heavy atom. The van der Waals surface area contributed by atoms with Crippen LogP contribution in [-0.4, -0.2) is 4.98 Å². The maximum absolute atomic E-state index is 6.44. The summed E-state index contributed by atoms with van der Waals surface area (Å²) in [4.78, 5) is 3.66. The molecule has 5 aromatic rings. The quantitative estimate of drug-likeness (QED) is 0.294. The number of hydrogen-bond donors (Lipinski definition) is 1. The standard InChI is InChI=1S/C29H22ClN/c30-24-17-19-27-26(20-24)28(29(31-27)23-14-8-3-9-15-23)25(22-12-6-2-7-13-22)18-16-21-10-4-1-5-11-21/h1-20,25,31H/b18-16+. The second kappa shape index (κ2) is 8.67. The van der Waals surface area contributed by atoms with Crippen molar-refractivity contribution in [1.82, 2.24) is 4.98 Å². The van der Waals surface area contributed by atoms with Gasteiger partial charge < -0.3 is 4.98 Å². The lowest BCUT2D eigenvalue weighted by atomic mass is 9.87. The van der Waals surface area contributed by atoms with E-state index in [1.807, 2.05) is 18.2 Å². The Morgan fingerprint density at radius 1 is 0.710 bits per heavy atom. The zero-order valence-corrected chi connectivity index (χ0v) is 17.8. The fourth-order valence-electron chi connectivity index (χ4n) is 4.15. The summed E-state index contributed by atoms with van der Waals surface area (Å²) in [6.07, 6.45) is 4.50. The van der Waals surface area contributed by atoms with Crippen LogP contribution in [-0.2, 0) is 0 Å². The molecule has 0 fully saturated rings. The van der Waals surface area contributed by atoms with Gasteiger partial charge in [0.15, 0.2) is 0 Å². The predicted octanol–water partition coefficient (Wildman–Crippen LogP) is 8.33. The largest absolute Gasteiger partial charge is 0.354 e. The Morgan fingerprint density at radius 2 is 1.35 bits per heavy atom. The summed E-state index contributed by atoms with van der Waals surface area (Å²) in [5.41, 5.74) is 7.05. The molecule has 1 atom stereocenters. The molecule has 2 heteroatoms. The molecule has 0 saturated heterocycles. The van der Waals surface area contributed by atoms with Gasteiger partial charge in [-0.3, -0.25) is 0 Å². The average molecular weight is 420 g/mol. The van der Waals surface area contributed by atoms with Crippen LogP contribution in [0.15, 0.2) is 115 Å².